The maximum atomic E-state index is 3.69. The van der Waals surface area contributed by atoms with Gasteiger partial charge in [-0.3, -0.25) is 0 Å². The van der Waals surface area contributed by atoms with E-state index in [4.69, 9.17) is 0 Å². The fourth-order valence-electron chi connectivity index (χ4n) is 3.08. The molecule has 0 saturated carbocycles. The number of nitrogens with one attached hydrogen (secondary N) is 2. The second-order valence-corrected chi connectivity index (χ2v) is 3.94. The van der Waals surface area contributed by atoms with E-state index in [1.807, 2.05) is 0 Å². The summed E-state index contributed by atoms with van der Waals surface area (Å²) in [6, 6.07) is 1.76. The number of fused-ring (bicyclic) bond motifs is 5. The zero-order chi connectivity index (χ0) is 6.55. The van der Waals surface area contributed by atoms with Crippen LogP contribution in [0, 0.1) is 11.8 Å². The van der Waals surface area contributed by atoms with Gasteiger partial charge in [0.15, 0.2) is 0 Å². The molecule has 0 aliphatic carbocycles. The first-order valence-corrected chi connectivity index (χ1v) is 4.42. The molecule has 2 N–H and O–H groups in total. The van der Waals surface area contributed by atoms with E-state index in [0.717, 1.165) is 23.9 Å². The first-order valence-electron chi connectivity index (χ1n) is 4.42. The van der Waals surface area contributed by atoms with Crippen molar-refractivity contribution < 1.29 is 0 Å². The Labute approximate surface area is 61.4 Å². The third-order valence-electron chi connectivity index (χ3n) is 3.56. The Bertz CT molecular complexity index is 141. The van der Waals surface area contributed by atoms with Crippen molar-refractivity contribution in [3.63, 3.8) is 0 Å². The molecule has 56 valence electrons. The Morgan fingerprint density at radius 2 is 1.50 bits per heavy atom. The summed E-state index contributed by atoms with van der Waals surface area (Å²) in [7, 11) is 0. The van der Waals surface area contributed by atoms with Crippen LogP contribution in [0.25, 0.3) is 0 Å². The number of hydrogen-bond donors (Lipinski definition) is 2. The molecule has 3 saturated heterocycles. The van der Waals surface area contributed by atoms with Crippen LogP contribution in [0.15, 0.2) is 0 Å². The average Bonchev–Trinajstić information content (AvgIpc) is 2.60. The van der Waals surface area contributed by atoms with E-state index in [1.165, 1.54) is 25.9 Å². The minimum atomic E-state index is 0.880. The Balaban J connectivity index is 1.92. The third kappa shape index (κ3) is 0.523. The van der Waals surface area contributed by atoms with Crippen LogP contribution in [-0.4, -0.2) is 25.2 Å². The van der Waals surface area contributed by atoms with E-state index in [-0.39, 0.29) is 0 Å². The molecule has 0 aromatic carbocycles. The molecule has 0 aromatic heterocycles. The van der Waals surface area contributed by atoms with Crippen molar-refractivity contribution in [2.24, 2.45) is 11.8 Å². The lowest BCUT2D eigenvalue weighted by atomic mass is 9.82. The highest BCUT2D eigenvalue weighted by Crippen LogP contribution is 2.39. The maximum absolute atomic E-state index is 3.69. The van der Waals surface area contributed by atoms with E-state index in [2.05, 4.69) is 10.6 Å². The highest BCUT2D eigenvalue weighted by molar-refractivity contribution is 5.07. The fourth-order valence-corrected chi connectivity index (χ4v) is 3.08. The van der Waals surface area contributed by atoms with Gasteiger partial charge in [0, 0.05) is 12.1 Å². The van der Waals surface area contributed by atoms with E-state index in [1.54, 1.807) is 0 Å². The lowest BCUT2D eigenvalue weighted by molar-refractivity contribution is 0.354. The van der Waals surface area contributed by atoms with Gasteiger partial charge in [-0.05, 0) is 37.8 Å². The second-order valence-electron chi connectivity index (χ2n) is 3.94. The van der Waals surface area contributed by atoms with Crippen LogP contribution in [0.2, 0.25) is 0 Å². The summed E-state index contributed by atoms with van der Waals surface area (Å²) < 4.78 is 0. The Hall–Kier alpha value is -0.0800. The first-order chi connectivity index (χ1) is 4.95. The van der Waals surface area contributed by atoms with Gasteiger partial charge in [0.05, 0.1) is 0 Å². The molecule has 2 heteroatoms. The van der Waals surface area contributed by atoms with Crippen LogP contribution >= 0.6 is 0 Å². The number of rotatable bonds is 0. The van der Waals surface area contributed by atoms with Crippen LogP contribution in [0.1, 0.15) is 12.8 Å². The van der Waals surface area contributed by atoms with Crippen molar-refractivity contribution in [1.29, 1.82) is 0 Å². The molecule has 3 aliphatic rings. The summed E-state index contributed by atoms with van der Waals surface area (Å²) in [5.41, 5.74) is 0. The van der Waals surface area contributed by atoms with Crippen LogP contribution in [0.5, 0.6) is 0 Å². The van der Waals surface area contributed by atoms with Gasteiger partial charge in [-0.1, -0.05) is 0 Å². The van der Waals surface area contributed by atoms with E-state index < -0.39 is 0 Å². The molecule has 3 rings (SSSR count). The smallest absolute Gasteiger partial charge is 0.0114 e. The molecular weight excluding hydrogens is 124 g/mol. The highest BCUT2D eigenvalue weighted by Gasteiger charge is 2.48. The molecule has 10 heavy (non-hydrogen) atoms. The van der Waals surface area contributed by atoms with Gasteiger partial charge in [-0.15, -0.1) is 0 Å². The Morgan fingerprint density at radius 1 is 0.900 bits per heavy atom. The molecule has 3 fully saturated rings. The van der Waals surface area contributed by atoms with Crippen molar-refractivity contribution in [2.45, 2.75) is 24.9 Å². The van der Waals surface area contributed by atoms with Gasteiger partial charge in [0.1, 0.15) is 0 Å². The summed E-state index contributed by atoms with van der Waals surface area (Å²) in [4.78, 5) is 0. The molecular formula is C8H14N2. The van der Waals surface area contributed by atoms with Gasteiger partial charge >= 0.3 is 0 Å². The number of hydrogen-bond acceptors (Lipinski definition) is 2. The second kappa shape index (κ2) is 1.74. The largest absolute Gasteiger partial charge is 0.316 e. The zero-order valence-corrected chi connectivity index (χ0v) is 6.14. The molecule has 0 spiro atoms. The van der Waals surface area contributed by atoms with Gasteiger partial charge in [-0.2, -0.15) is 0 Å². The van der Waals surface area contributed by atoms with Crippen molar-refractivity contribution in [1.82, 2.24) is 10.6 Å². The highest BCUT2D eigenvalue weighted by atomic mass is 15.1. The van der Waals surface area contributed by atoms with Crippen LogP contribution in [-0.2, 0) is 0 Å². The normalized spacial score (nSPS) is 57.6. The molecule has 0 aromatic rings. The first kappa shape index (κ1) is 5.56. The van der Waals surface area contributed by atoms with E-state index in [9.17, 15) is 0 Å². The summed E-state index contributed by atoms with van der Waals surface area (Å²) >= 11 is 0. The average molecular weight is 138 g/mol. The molecule has 0 amide bonds. The lowest BCUT2D eigenvalue weighted by Crippen LogP contribution is -2.27. The molecule has 4 atom stereocenters. The maximum Gasteiger partial charge on any atom is 0.0114 e. The quantitative estimate of drug-likeness (QED) is 0.490. The van der Waals surface area contributed by atoms with Crippen LogP contribution < -0.4 is 10.6 Å². The standard InChI is InChI=1S/C8H14N2/c1-2-8-6-4-9-3-5(6)7(1)10-8/h5-10H,1-4H2/t5-,6+,7?,8?. The molecule has 2 bridgehead atoms. The van der Waals surface area contributed by atoms with Crippen LogP contribution in [0.3, 0.4) is 0 Å². The van der Waals surface area contributed by atoms with Gasteiger partial charge < -0.3 is 10.6 Å². The summed E-state index contributed by atoms with van der Waals surface area (Å²) in [6.07, 6.45) is 2.88. The summed E-state index contributed by atoms with van der Waals surface area (Å²) in [5, 5.41) is 7.17. The van der Waals surface area contributed by atoms with Gasteiger partial charge in [-0.25, -0.2) is 0 Å². The predicted molar refractivity (Wildman–Crippen MR) is 39.8 cm³/mol. The van der Waals surface area contributed by atoms with Gasteiger partial charge in [0.25, 0.3) is 0 Å². The summed E-state index contributed by atoms with van der Waals surface area (Å²) in [5.74, 6) is 1.97. The summed E-state index contributed by atoms with van der Waals surface area (Å²) in [6.45, 7) is 2.55. The molecule has 3 aliphatic heterocycles. The van der Waals surface area contributed by atoms with Crippen molar-refractivity contribution in [2.75, 3.05) is 13.1 Å². The fraction of sp³-hybridized carbons (Fsp3) is 1.00. The predicted octanol–water partition coefficient (Wildman–Crippen LogP) is -0.0438. The minimum Gasteiger partial charge on any atom is -0.316 e. The van der Waals surface area contributed by atoms with E-state index in [0.29, 0.717) is 0 Å². The topological polar surface area (TPSA) is 24.1 Å². The SMILES string of the molecule is C1CC2NC1[C@H]1CNC[C@@H]21. The lowest BCUT2D eigenvalue weighted by Gasteiger charge is -2.20. The van der Waals surface area contributed by atoms with Crippen molar-refractivity contribution in [3.05, 3.63) is 0 Å². The van der Waals surface area contributed by atoms with Crippen molar-refractivity contribution >= 4 is 0 Å². The van der Waals surface area contributed by atoms with Gasteiger partial charge in [0.2, 0.25) is 0 Å². The molecule has 2 unspecified atom stereocenters. The molecule has 0 radical (unpaired) electrons. The Morgan fingerprint density at radius 3 is 2.10 bits per heavy atom. The Kier molecular flexibility index (Phi) is 0.968. The molecule has 2 nitrogen and oxygen atoms in total. The minimum absolute atomic E-state index is 0.880. The van der Waals surface area contributed by atoms with Crippen LogP contribution in [0.4, 0.5) is 0 Å². The molecule has 3 heterocycles. The zero-order valence-electron chi connectivity index (χ0n) is 6.14. The third-order valence-corrected chi connectivity index (χ3v) is 3.56. The van der Waals surface area contributed by atoms with Crippen molar-refractivity contribution in [3.8, 4) is 0 Å². The monoisotopic (exact) mass is 138 g/mol. The van der Waals surface area contributed by atoms with E-state index >= 15 is 0 Å².